The average molecular weight is 342 g/mol. The number of aryl methyl sites for hydroxylation is 1. The molecule has 0 saturated carbocycles. The van der Waals surface area contributed by atoms with E-state index in [1.807, 2.05) is 25.1 Å². The zero-order chi connectivity index (χ0) is 16.8. The predicted octanol–water partition coefficient (Wildman–Crippen LogP) is 3.57. The van der Waals surface area contributed by atoms with E-state index in [9.17, 15) is 4.79 Å². The largest absolute Gasteiger partial charge is 0.382 e. The van der Waals surface area contributed by atoms with E-state index in [2.05, 4.69) is 39.4 Å². The van der Waals surface area contributed by atoms with Crippen LogP contribution in [0.15, 0.2) is 52.3 Å². The van der Waals surface area contributed by atoms with Gasteiger partial charge in [0, 0.05) is 12.5 Å². The third-order valence-electron chi connectivity index (χ3n) is 4.08. The van der Waals surface area contributed by atoms with Gasteiger partial charge in [-0.15, -0.1) is 0 Å². The molecule has 0 fully saturated rings. The molecule has 2 aromatic rings. The predicted molar refractivity (Wildman–Crippen MR) is 97.3 cm³/mol. The second-order valence-electron chi connectivity index (χ2n) is 6.19. The number of oxime groups is 1. The standard InChI is InChI=1S/C19H22N2O2S/c1-14(11-16-9-10-24-13-16)20-19(22)18-12-17(21-23-18)8-7-15-5-3-2-4-6-15/h2-6,9-10,13-14,18H,7-8,11-12H2,1H3,(H,20,22)/t14-,18+/m0/s1. The van der Waals surface area contributed by atoms with Crippen molar-refractivity contribution < 1.29 is 9.63 Å². The number of carbonyl (C=O) groups is 1. The molecule has 0 bridgehead atoms. The zero-order valence-electron chi connectivity index (χ0n) is 13.8. The fourth-order valence-corrected chi connectivity index (χ4v) is 3.48. The number of benzene rings is 1. The van der Waals surface area contributed by atoms with E-state index < -0.39 is 6.10 Å². The van der Waals surface area contributed by atoms with Crippen molar-refractivity contribution in [2.75, 3.05) is 0 Å². The lowest BCUT2D eigenvalue weighted by atomic mass is 10.0. The van der Waals surface area contributed by atoms with Crippen molar-refractivity contribution in [2.24, 2.45) is 5.16 Å². The Morgan fingerprint density at radius 2 is 2.12 bits per heavy atom. The highest BCUT2D eigenvalue weighted by Gasteiger charge is 2.28. The number of amides is 1. The molecule has 0 spiro atoms. The summed E-state index contributed by atoms with van der Waals surface area (Å²) in [4.78, 5) is 17.6. The van der Waals surface area contributed by atoms with Gasteiger partial charge in [0.15, 0.2) is 0 Å². The molecule has 3 rings (SSSR count). The summed E-state index contributed by atoms with van der Waals surface area (Å²) >= 11 is 1.67. The van der Waals surface area contributed by atoms with Gasteiger partial charge in [0.25, 0.3) is 5.91 Å². The Labute approximate surface area is 146 Å². The third-order valence-corrected chi connectivity index (χ3v) is 4.81. The monoisotopic (exact) mass is 342 g/mol. The van der Waals surface area contributed by atoms with E-state index in [0.29, 0.717) is 6.42 Å². The van der Waals surface area contributed by atoms with Gasteiger partial charge in [-0.2, -0.15) is 11.3 Å². The Morgan fingerprint density at radius 1 is 1.29 bits per heavy atom. The molecule has 1 aromatic heterocycles. The summed E-state index contributed by atoms with van der Waals surface area (Å²) in [5.41, 5.74) is 3.49. The Balaban J connectivity index is 1.41. The Bertz CT molecular complexity index is 683. The van der Waals surface area contributed by atoms with Crippen LogP contribution in [-0.4, -0.2) is 23.8 Å². The zero-order valence-corrected chi connectivity index (χ0v) is 14.6. The highest BCUT2D eigenvalue weighted by atomic mass is 32.1. The minimum absolute atomic E-state index is 0.0730. The van der Waals surface area contributed by atoms with Gasteiger partial charge in [0.05, 0.1) is 5.71 Å². The number of carbonyl (C=O) groups excluding carboxylic acids is 1. The smallest absolute Gasteiger partial charge is 0.264 e. The molecule has 5 heteroatoms. The van der Waals surface area contributed by atoms with E-state index in [-0.39, 0.29) is 11.9 Å². The molecular weight excluding hydrogens is 320 g/mol. The first-order chi connectivity index (χ1) is 11.7. The molecule has 1 aliphatic rings. The molecule has 1 aliphatic heterocycles. The molecule has 0 unspecified atom stereocenters. The van der Waals surface area contributed by atoms with Gasteiger partial charge in [0.1, 0.15) is 0 Å². The molecule has 126 valence electrons. The number of nitrogens with zero attached hydrogens (tertiary/aromatic N) is 1. The van der Waals surface area contributed by atoms with Crippen LogP contribution in [0.25, 0.3) is 0 Å². The van der Waals surface area contributed by atoms with Crippen LogP contribution in [0, 0.1) is 0 Å². The van der Waals surface area contributed by atoms with Crippen LogP contribution in [0.4, 0.5) is 0 Å². The first-order valence-corrected chi connectivity index (χ1v) is 9.22. The minimum Gasteiger partial charge on any atom is -0.382 e. The lowest BCUT2D eigenvalue weighted by Gasteiger charge is -2.15. The molecule has 24 heavy (non-hydrogen) atoms. The molecule has 2 atom stereocenters. The fraction of sp³-hybridized carbons (Fsp3) is 0.368. The van der Waals surface area contributed by atoms with Crippen molar-refractivity contribution in [2.45, 2.75) is 44.8 Å². The number of hydrogen-bond acceptors (Lipinski definition) is 4. The first-order valence-electron chi connectivity index (χ1n) is 8.27. The lowest BCUT2D eigenvalue weighted by Crippen LogP contribution is -2.41. The molecule has 1 aromatic carbocycles. The summed E-state index contributed by atoms with van der Waals surface area (Å²) in [5, 5.41) is 11.3. The van der Waals surface area contributed by atoms with Crippen molar-refractivity contribution in [3.8, 4) is 0 Å². The Morgan fingerprint density at radius 3 is 2.88 bits per heavy atom. The summed E-state index contributed by atoms with van der Waals surface area (Å²) < 4.78 is 0. The quantitative estimate of drug-likeness (QED) is 0.836. The second kappa shape index (κ2) is 8.11. The topological polar surface area (TPSA) is 50.7 Å². The normalized spacial score (nSPS) is 17.9. The maximum Gasteiger partial charge on any atom is 0.264 e. The SMILES string of the molecule is C[C@@H](Cc1ccsc1)NC(=O)[C@H]1CC(CCc2ccccc2)=NO1. The maximum absolute atomic E-state index is 12.3. The van der Waals surface area contributed by atoms with Crippen LogP contribution in [0.2, 0.25) is 0 Å². The fourth-order valence-electron chi connectivity index (χ4n) is 2.80. The van der Waals surface area contributed by atoms with E-state index in [1.54, 1.807) is 11.3 Å². The van der Waals surface area contributed by atoms with Crippen LogP contribution >= 0.6 is 11.3 Å². The molecule has 0 radical (unpaired) electrons. The van der Waals surface area contributed by atoms with Crippen molar-refractivity contribution in [1.29, 1.82) is 0 Å². The highest BCUT2D eigenvalue weighted by Crippen LogP contribution is 2.16. The first kappa shape index (κ1) is 16.7. The number of nitrogens with one attached hydrogen (secondary N) is 1. The molecule has 1 amide bonds. The second-order valence-corrected chi connectivity index (χ2v) is 6.97. The van der Waals surface area contributed by atoms with E-state index in [0.717, 1.165) is 25.0 Å². The molecular formula is C19H22N2O2S. The summed E-state index contributed by atoms with van der Waals surface area (Å²) in [6, 6.07) is 12.5. The Hall–Kier alpha value is -2.14. The van der Waals surface area contributed by atoms with Crippen LogP contribution in [0.3, 0.4) is 0 Å². The highest BCUT2D eigenvalue weighted by molar-refractivity contribution is 7.07. The maximum atomic E-state index is 12.3. The molecule has 4 nitrogen and oxygen atoms in total. The van der Waals surface area contributed by atoms with Gasteiger partial charge in [-0.05, 0) is 54.1 Å². The van der Waals surface area contributed by atoms with Gasteiger partial charge >= 0.3 is 0 Å². The van der Waals surface area contributed by atoms with E-state index >= 15 is 0 Å². The van der Waals surface area contributed by atoms with Crippen LogP contribution in [0.1, 0.15) is 30.9 Å². The number of thiophene rings is 1. The van der Waals surface area contributed by atoms with Gasteiger partial charge in [0.2, 0.25) is 6.10 Å². The summed E-state index contributed by atoms with van der Waals surface area (Å²) in [6.07, 6.45) is 2.69. The molecule has 1 N–H and O–H groups in total. The Kier molecular flexibility index (Phi) is 5.64. The number of hydrogen-bond donors (Lipinski definition) is 1. The van der Waals surface area contributed by atoms with Crippen molar-refractivity contribution in [3.05, 3.63) is 58.3 Å². The van der Waals surface area contributed by atoms with Crippen molar-refractivity contribution in [3.63, 3.8) is 0 Å². The molecule has 0 aliphatic carbocycles. The van der Waals surface area contributed by atoms with Gasteiger partial charge < -0.3 is 10.2 Å². The molecule has 2 heterocycles. The minimum atomic E-state index is -0.485. The summed E-state index contributed by atoms with van der Waals surface area (Å²) in [5.74, 6) is -0.0730. The third kappa shape index (κ3) is 4.68. The average Bonchev–Trinajstić information content (AvgIpc) is 3.25. The van der Waals surface area contributed by atoms with Gasteiger partial charge in [-0.1, -0.05) is 35.5 Å². The van der Waals surface area contributed by atoms with Crippen molar-refractivity contribution in [1.82, 2.24) is 5.32 Å². The van der Waals surface area contributed by atoms with Crippen LogP contribution < -0.4 is 5.32 Å². The van der Waals surface area contributed by atoms with Gasteiger partial charge in [-0.25, -0.2) is 0 Å². The van der Waals surface area contributed by atoms with Gasteiger partial charge in [-0.3, -0.25) is 4.79 Å². The van der Waals surface area contributed by atoms with E-state index in [1.165, 1.54) is 11.1 Å². The molecule has 0 saturated heterocycles. The van der Waals surface area contributed by atoms with Crippen molar-refractivity contribution >= 4 is 23.0 Å². The van der Waals surface area contributed by atoms with Crippen LogP contribution in [-0.2, 0) is 22.5 Å². The van der Waals surface area contributed by atoms with Crippen LogP contribution in [0.5, 0.6) is 0 Å². The lowest BCUT2D eigenvalue weighted by molar-refractivity contribution is -0.131. The summed E-state index contributed by atoms with van der Waals surface area (Å²) in [7, 11) is 0. The number of rotatable bonds is 7. The summed E-state index contributed by atoms with van der Waals surface area (Å²) in [6.45, 7) is 2.02. The van der Waals surface area contributed by atoms with E-state index in [4.69, 9.17) is 4.84 Å².